The van der Waals surface area contributed by atoms with Gasteiger partial charge in [-0.15, -0.1) is 0 Å². The van der Waals surface area contributed by atoms with Crippen molar-refractivity contribution in [3.8, 4) is 22.3 Å². The number of furan rings is 2. The van der Waals surface area contributed by atoms with Crippen LogP contribution in [0.5, 0.6) is 0 Å². The van der Waals surface area contributed by atoms with Gasteiger partial charge in [0.15, 0.2) is 0 Å². The van der Waals surface area contributed by atoms with E-state index >= 15 is 0 Å². The molecule has 0 amide bonds. The van der Waals surface area contributed by atoms with Gasteiger partial charge in [-0.2, -0.15) is 0 Å². The van der Waals surface area contributed by atoms with Gasteiger partial charge in [0, 0.05) is 33.3 Å². The van der Waals surface area contributed by atoms with E-state index in [-0.39, 0.29) is 0 Å². The normalized spacial score (nSPS) is 12.6. The number of nitrogens with one attached hydrogen (secondary N) is 1. The fourth-order valence-electron chi connectivity index (χ4n) is 7.14. The number of rotatable bonds is 5. The van der Waals surface area contributed by atoms with Crippen molar-refractivity contribution in [2.75, 3.05) is 5.32 Å². The van der Waals surface area contributed by atoms with E-state index in [1.807, 2.05) is 37.3 Å². The van der Waals surface area contributed by atoms with Crippen LogP contribution in [-0.2, 0) is 0 Å². The van der Waals surface area contributed by atoms with Gasteiger partial charge in [-0.25, -0.2) is 0 Å². The molecule has 7 aromatic carbocycles. The lowest BCUT2D eigenvalue weighted by Gasteiger charge is -2.13. The summed E-state index contributed by atoms with van der Waals surface area (Å²) < 4.78 is 12.7. The second-order valence-electron chi connectivity index (χ2n) is 12.4. The lowest BCUT2D eigenvalue weighted by Crippen LogP contribution is -2.22. The van der Waals surface area contributed by atoms with Gasteiger partial charge in [0.2, 0.25) is 0 Å². The Morgan fingerprint density at radius 2 is 1.37 bits per heavy atom. The Hall–Kier alpha value is -6.50. The molecule has 49 heavy (non-hydrogen) atoms. The minimum absolute atomic E-state index is 0.762. The van der Waals surface area contributed by atoms with E-state index in [2.05, 4.69) is 140 Å². The van der Waals surface area contributed by atoms with Crippen molar-refractivity contribution >= 4 is 66.7 Å². The van der Waals surface area contributed by atoms with Crippen molar-refractivity contribution in [2.24, 2.45) is 0 Å². The van der Waals surface area contributed by atoms with Crippen molar-refractivity contribution in [1.82, 2.24) is 0 Å². The first kappa shape index (κ1) is 28.7. The molecule has 1 N–H and O–H groups in total. The summed E-state index contributed by atoms with van der Waals surface area (Å²) in [6.07, 6.45) is 2.03. The van der Waals surface area contributed by atoms with Crippen molar-refractivity contribution < 1.29 is 8.83 Å². The molecule has 0 aliphatic rings. The lowest BCUT2D eigenvalue weighted by atomic mass is 9.96. The predicted molar refractivity (Wildman–Crippen MR) is 203 cm³/mol. The molecule has 9 aromatic rings. The van der Waals surface area contributed by atoms with Crippen molar-refractivity contribution in [2.45, 2.75) is 13.8 Å². The van der Waals surface area contributed by atoms with Gasteiger partial charge in [0.25, 0.3) is 0 Å². The largest absolute Gasteiger partial charge is 0.456 e. The van der Waals surface area contributed by atoms with Crippen LogP contribution in [0.4, 0.5) is 11.4 Å². The Kier molecular flexibility index (Phi) is 6.81. The van der Waals surface area contributed by atoms with Gasteiger partial charge in [-0.05, 0) is 88.9 Å². The lowest BCUT2D eigenvalue weighted by molar-refractivity contribution is 0.574. The Morgan fingerprint density at radius 3 is 2.24 bits per heavy atom. The molecule has 0 aliphatic carbocycles. The minimum atomic E-state index is 0.762. The number of fused-ring (bicyclic) bond motifs is 5. The Morgan fingerprint density at radius 1 is 0.633 bits per heavy atom. The number of hydrogen-bond acceptors (Lipinski definition) is 3. The molecule has 0 saturated carbocycles. The first-order valence-electron chi connectivity index (χ1n) is 16.5. The SMILES string of the molecule is C/C=c1/oc2ccccc2/c1=C(/C)c1ccccc1Nc1c#ccc2oc3cccc(-c4ccc(-c5ccc6ccccc6c5)cc4)c3c12. The maximum absolute atomic E-state index is 6.43. The summed E-state index contributed by atoms with van der Waals surface area (Å²) in [7, 11) is 0. The highest BCUT2D eigenvalue weighted by molar-refractivity contribution is 6.17. The van der Waals surface area contributed by atoms with E-state index in [0.717, 1.165) is 77.2 Å². The van der Waals surface area contributed by atoms with Crippen LogP contribution in [0.15, 0.2) is 148 Å². The average molecular weight is 630 g/mol. The molecule has 0 aliphatic heterocycles. The summed E-state index contributed by atoms with van der Waals surface area (Å²) in [5.74, 6) is 0. The summed E-state index contributed by atoms with van der Waals surface area (Å²) >= 11 is 0. The van der Waals surface area contributed by atoms with Gasteiger partial charge >= 0.3 is 0 Å². The molecule has 232 valence electrons. The van der Waals surface area contributed by atoms with E-state index in [1.54, 1.807) is 0 Å². The van der Waals surface area contributed by atoms with Crippen LogP contribution in [-0.4, -0.2) is 0 Å². The van der Waals surface area contributed by atoms with E-state index < -0.39 is 0 Å². The second kappa shape index (κ2) is 11.6. The Bertz CT molecular complexity index is 2820. The smallest absolute Gasteiger partial charge is 0.146 e. The molecule has 0 bridgehead atoms. The molecular formula is C46H31NO2. The van der Waals surface area contributed by atoms with Crippen LogP contribution < -0.4 is 16.0 Å². The first-order valence-corrected chi connectivity index (χ1v) is 16.5. The zero-order chi connectivity index (χ0) is 32.9. The standard InChI is InChI=1S/C46H31NO2/c1-3-40-44(37-15-7-9-19-41(37)48-40)29(2)35-14-6-8-17-38(35)47-39-18-11-21-43-46(39)45-36(16-10-20-42(45)49-43)32-25-22-31(23-26-32)34-27-24-30-12-4-5-13-33(30)28-34/h3-10,12-17,19-28,47H,1-2H3/b40-3+,44-29+. The fourth-order valence-corrected chi connectivity index (χ4v) is 7.14. The summed E-state index contributed by atoms with van der Waals surface area (Å²) in [5, 5.41) is 10.4. The number of benzene rings is 6. The molecule has 2 aromatic heterocycles. The van der Waals surface area contributed by atoms with E-state index in [9.17, 15) is 0 Å². The summed E-state index contributed by atoms with van der Waals surface area (Å²) in [5.41, 5.74) is 11.9. The quantitative estimate of drug-likeness (QED) is 0.206. The van der Waals surface area contributed by atoms with E-state index in [1.165, 1.54) is 21.9 Å². The number of hydrogen-bond donors (Lipinski definition) is 1. The third-order valence-corrected chi connectivity index (χ3v) is 9.52. The monoisotopic (exact) mass is 629 g/mol. The number of para-hydroxylation sites is 2. The zero-order valence-electron chi connectivity index (χ0n) is 27.2. The summed E-state index contributed by atoms with van der Waals surface area (Å²) in [6.45, 7) is 4.18. The maximum Gasteiger partial charge on any atom is 0.146 e. The number of anilines is 2. The molecule has 2 heterocycles. The van der Waals surface area contributed by atoms with Gasteiger partial charge < -0.3 is 14.2 Å². The minimum Gasteiger partial charge on any atom is -0.456 e. The van der Waals surface area contributed by atoms with Crippen LogP contribution in [0, 0.1) is 12.1 Å². The van der Waals surface area contributed by atoms with Crippen molar-refractivity contribution in [3.05, 3.63) is 168 Å². The second-order valence-corrected chi connectivity index (χ2v) is 12.4. The van der Waals surface area contributed by atoms with Crippen LogP contribution in [0.3, 0.4) is 0 Å². The highest BCUT2D eigenvalue weighted by Gasteiger charge is 2.17. The zero-order valence-corrected chi connectivity index (χ0v) is 27.2. The van der Waals surface area contributed by atoms with Crippen LogP contribution in [0.25, 0.3) is 77.6 Å². The molecular weight excluding hydrogens is 599 g/mol. The van der Waals surface area contributed by atoms with Gasteiger partial charge in [-0.1, -0.05) is 115 Å². The topological polar surface area (TPSA) is 38.3 Å². The highest BCUT2D eigenvalue weighted by Crippen LogP contribution is 2.41. The van der Waals surface area contributed by atoms with Crippen LogP contribution >= 0.6 is 0 Å². The average Bonchev–Trinajstić information content (AvgIpc) is 3.74. The first-order chi connectivity index (χ1) is 24.2. The molecule has 0 atom stereocenters. The Labute approximate surface area is 284 Å². The van der Waals surface area contributed by atoms with Crippen molar-refractivity contribution in [1.29, 1.82) is 0 Å². The van der Waals surface area contributed by atoms with E-state index in [0.29, 0.717) is 0 Å². The maximum atomic E-state index is 6.43. The van der Waals surface area contributed by atoms with E-state index in [4.69, 9.17) is 8.83 Å². The fraction of sp³-hybridized carbons (Fsp3) is 0.0435. The summed E-state index contributed by atoms with van der Waals surface area (Å²) in [4.78, 5) is 0. The third kappa shape index (κ3) is 4.85. The molecule has 3 nitrogen and oxygen atoms in total. The molecule has 3 heteroatoms. The third-order valence-electron chi connectivity index (χ3n) is 9.52. The molecule has 0 unspecified atom stereocenters. The van der Waals surface area contributed by atoms with Crippen LogP contribution in [0.2, 0.25) is 0 Å². The summed E-state index contributed by atoms with van der Waals surface area (Å²) in [6, 6.07) is 55.2. The van der Waals surface area contributed by atoms with Crippen molar-refractivity contribution in [3.63, 3.8) is 0 Å². The molecule has 0 radical (unpaired) electrons. The van der Waals surface area contributed by atoms with Gasteiger partial charge in [-0.3, -0.25) is 0 Å². The molecule has 0 fully saturated rings. The predicted octanol–water partition coefficient (Wildman–Crippen LogP) is 11.2. The molecule has 9 rings (SSSR count). The molecule has 0 spiro atoms. The highest BCUT2D eigenvalue weighted by atomic mass is 16.3. The molecule has 0 saturated heterocycles. The van der Waals surface area contributed by atoms with Crippen LogP contribution in [0.1, 0.15) is 19.4 Å². The van der Waals surface area contributed by atoms with Gasteiger partial charge in [0.05, 0.1) is 5.39 Å². The van der Waals surface area contributed by atoms with Gasteiger partial charge in [0.1, 0.15) is 27.9 Å². The Balaban J connectivity index is 1.16.